The van der Waals surface area contributed by atoms with E-state index >= 15 is 0 Å². The molecule has 0 amide bonds. The second-order valence-electron chi connectivity index (χ2n) is 11.7. The molecule has 1 aliphatic carbocycles. The van der Waals surface area contributed by atoms with Crippen LogP contribution in [0.4, 0.5) is 0 Å². The molecule has 0 bridgehead atoms. The Morgan fingerprint density at radius 1 is 0.673 bits per heavy atom. The summed E-state index contributed by atoms with van der Waals surface area (Å²) < 4.78 is 156. The van der Waals surface area contributed by atoms with Gasteiger partial charge in [0.05, 0.1) is 5.58 Å². The number of aromatic nitrogens is 2. The molecule has 8 rings (SSSR count). The number of hydrogen-bond acceptors (Lipinski definition) is 3. The average molecular weight is 838 g/mol. The topological polar surface area (TPSA) is 38.9 Å². The third-order valence-corrected chi connectivity index (χ3v) is 8.47. The second-order valence-corrected chi connectivity index (χ2v) is 11.7. The van der Waals surface area contributed by atoms with Gasteiger partial charge >= 0.3 is 0 Å². The van der Waals surface area contributed by atoms with Crippen molar-refractivity contribution in [3.63, 3.8) is 0 Å². The van der Waals surface area contributed by atoms with Crippen molar-refractivity contribution in [1.82, 2.24) is 9.97 Å². The average Bonchev–Trinajstić information content (AvgIpc) is 3.85. The van der Waals surface area contributed by atoms with Crippen LogP contribution in [-0.4, -0.2) is 9.97 Å². The van der Waals surface area contributed by atoms with Crippen molar-refractivity contribution >= 4 is 21.9 Å². The van der Waals surface area contributed by atoms with Gasteiger partial charge in [0.15, 0.2) is 0 Å². The Labute approximate surface area is 330 Å². The summed E-state index contributed by atoms with van der Waals surface area (Å²) in [5.41, 5.74) is 2.23. The van der Waals surface area contributed by atoms with Gasteiger partial charge in [-0.05, 0) is 109 Å². The summed E-state index contributed by atoms with van der Waals surface area (Å²) in [6.07, 6.45) is 5.38. The molecule has 0 atom stereocenters. The van der Waals surface area contributed by atoms with Gasteiger partial charge in [0.2, 0.25) is 0 Å². The second kappa shape index (κ2) is 14.6. The van der Waals surface area contributed by atoms with Crippen molar-refractivity contribution in [3.8, 4) is 33.6 Å². The maximum absolute atomic E-state index is 8.94. The first-order valence-corrected chi connectivity index (χ1v) is 15.4. The quantitative estimate of drug-likeness (QED) is 0.166. The Kier molecular flexibility index (Phi) is 5.38. The van der Waals surface area contributed by atoms with E-state index in [2.05, 4.69) is 22.1 Å². The van der Waals surface area contributed by atoms with E-state index in [0.29, 0.717) is 35.0 Å². The third kappa shape index (κ3) is 7.18. The van der Waals surface area contributed by atoms with E-state index < -0.39 is 47.0 Å². The van der Waals surface area contributed by atoms with Crippen LogP contribution in [-0.2, 0) is 20.1 Å². The molecule has 0 N–H and O–H groups in total. The number of nitrogens with zero attached hydrogens (tertiary/aromatic N) is 2. The van der Waals surface area contributed by atoms with Crippen LogP contribution >= 0.6 is 0 Å². The molecule has 1 radical (unpaired) electrons. The summed E-state index contributed by atoms with van der Waals surface area (Å²) in [6.45, 7) is -14.9. The molecule has 4 heteroatoms. The molecule has 1 saturated carbocycles. The van der Waals surface area contributed by atoms with Crippen LogP contribution in [0.2, 0.25) is 0 Å². The first-order valence-electron chi connectivity index (χ1n) is 24.9. The summed E-state index contributed by atoms with van der Waals surface area (Å²) in [6, 6.07) is 25.3. The SMILES string of the molecule is [2H]C([2H])([2H])c1c[c-]c(-c2ccc(C([2H])([2H])[2H])cn2)cc1.[2H]C([2H])([2H])c1cc(C([2H])([2H])[2H])c2oc3c(-c4cc(-c5ccc(C6([2H])CCCC6)cc5C([2H])([2H])[2H])c(C([2H])([2H])[2H])cn4)[c-]ccc3c2c1.[Ir]. The van der Waals surface area contributed by atoms with Crippen molar-refractivity contribution in [2.45, 2.75) is 72.7 Å². The van der Waals surface area contributed by atoms with E-state index in [4.69, 9.17) is 30.5 Å². The number of hydrogen-bond donors (Lipinski definition) is 0. The van der Waals surface area contributed by atoms with Crippen molar-refractivity contribution in [2.24, 2.45) is 0 Å². The van der Waals surface area contributed by atoms with Gasteiger partial charge in [-0.1, -0.05) is 78.7 Å². The van der Waals surface area contributed by atoms with Crippen molar-refractivity contribution in [2.75, 3.05) is 0 Å². The zero-order valence-corrected chi connectivity index (χ0v) is 28.5. The Balaban J connectivity index is 0.000000304. The minimum Gasteiger partial charge on any atom is -0.500 e. The molecule has 0 unspecified atom stereocenters. The number of pyridine rings is 2. The molecule has 3 aromatic heterocycles. The zero-order valence-electron chi connectivity index (χ0n) is 45.1. The number of rotatable bonds is 4. The van der Waals surface area contributed by atoms with Crippen LogP contribution in [0.3, 0.4) is 0 Å². The minimum absolute atomic E-state index is 0. The summed E-state index contributed by atoms with van der Waals surface area (Å²) in [5, 5.41) is 0.671. The van der Waals surface area contributed by atoms with E-state index in [9.17, 15) is 0 Å². The van der Waals surface area contributed by atoms with E-state index in [1.165, 1.54) is 42.6 Å². The molecule has 49 heavy (non-hydrogen) atoms. The molecule has 249 valence electrons. The summed E-state index contributed by atoms with van der Waals surface area (Å²) in [4.78, 5) is 8.49. The van der Waals surface area contributed by atoms with E-state index in [-0.39, 0.29) is 92.4 Å². The summed E-state index contributed by atoms with van der Waals surface area (Å²) >= 11 is 0. The smallest absolute Gasteiger partial charge is 0.123 e. The van der Waals surface area contributed by atoms with E-state index in [1.807, 2.05) is 0 Å². The van der Waals surface area contributed by atoms with Crippen LogP contribution in [0.1, 0.15) is 96.6 Å². The minimum atomic E-state index is -2.70. The predicted octanol–water partition coefficient (Wildman–Crippen LogP) is 12.2. The molecular formula is C45H42IrN2O-2. The Morgan fingerprint density at radius 2 is 1.49 bits per heavy atom. The molecule has 3 heterocycles. The molecule has 3 nitrogen and oxygen atoms in total. The maximum Gasteiger partial charge on any atom is 0.123 e. The molecular weight excluding hydrogens is 777 g/mol. The fourth-order valence-electron chi connectivity index (χ4n) is 6.08. The van der Waals surface area contributed by atoms with E-state index in [0.717, 1.165) is 25.1 Å². The van der Waals surface area contributed by atoms with E-state index in [1.54, 1.807) is 36.4 Å². The van der Waals surface area contributed by atoms with Crippen molar-refractivity contribution < 1.29 is 50.6 Å². The predicted molar refractivity (Wildman–Crippen MR) is 199 cm³/mol. The number of furan rings is 1. The first kappa shape index (κ1) is 18.0. The standard InChI is InChI=1S/C32H30NO.C13H12N.Ir/c1-19-14-21(3)31-29(15-19)26-10-7-11-27(32(26)34-31)30-17-28(22(4)18-33-30)25-13-12-24(16-20(25)2)23-8-5-6-9-23;1-10-3-6-12(7-4-10)13-8-5-11(2)9-14-13;/h7,10,12-18,23H,5-6,8-9H2,1-4H3;3-6,8-9H,1-2H3;/q2*-1;/i1D3,2D3,3D3,4D3,23D;1D3,2D3;. The largest absolute Gasteiger partial charge is 0.500 e. The third-order valence-electron chi connectivity index (χ3n) is 8.47. The van der Waals surface area contributed by atoms with Gasteiger partial charge < -0.3 is 14.4 Å². The van der Waals surface area contributed by atoms with Crippen molar-refractivity contribution in [1.29, 1.82) is 0 Å². The molecule has 7 aromatic rings. The van der Waals surface area contributed by atoms with Crippen LogP contribution in [0.5, 0.6) is 0 Å². The van der Waals surface area contributed by atoms with Crippen LogP contribution in [0, 0.1) is 53.2 Å². The zero-order chi connectivity index (χ0) is 49.3. The molecule has 0 aliphatic heterocycles. The Bertz CT molecular complexity index is 2880. The number of fused-ring (bicyclic) bond motifs is 3. The normalized spacial score (nSPS) is 20.9. The summed E-state index contributed by atoms with van der Waals surface area (Å²) in [5.74, 6) is -0.923. The van der Waals surface area contributed by atoms with Gasteiger partial charge in [-0.3, -0.25) is 0 Å². The number of benzene rings is 4. The first-order chi connectivity index (χ1) is 30.9. The van der Waals surface area contributed by atoms with Gasteiger partial charge in [0.1, 0.15) is 5.58 Å². The monoisotopic (exact) mass is 838 g/mol. The van der Waals surface area contributed by atoms with Gasteiger partial charge in [0, 0.05) is 63.9 Å². The van der Waals surface area contributed by atoms with Crippen LogP contribution in [0.15, 0.2) is 95.7 Å². The van der Waals surface area contributed by atoms with Crippen molar-refractivity contribution in [3.05, 3.63) is 142 Å². The fourth-order valence-corrected chi connectivity index (χ4v) is 6.08. The molecule has 4 aromatic carbocycles. The van der Waals surface area contributed by atoms with Crippen LogP contribution in [0.25, 0.3) is 55.6 Å². The van der Waals surface area contributed by atoms with Gasteiger partial charge in [-0.2, -0.15) is 0 Å². The summed E-state index contributed by atoms with van der Waals surface area (Å²) in [7, 11) is 0. The van der Waals surface area contributed by atoms with Gasteiger partial charge in [-0.15, -0.1) is 53.6 Å². The number of aryl methyl sites for hydroxylation is 6. The Hall–Kier alpha value is -4.37. The Morgan fingerprint density at radius 3 is 2.22 bits per heavy atom. The van der Waals surface area contributed by atoms with Gasteiger partial charge in [0.25, 0.3) is 0 Å². The van der Waals surface area contributed by atoms with Crippen LogP contribution < -0.4 is 0 Å². The molecule has 0 spiro atoms. The molecule has 1 aliphatic rings. The van der Waals surface area contributed by atoms with Gasteiger partial charge in [-0.25, -0.2) is 0 Å². The maximum atomic E-state index is 8.94. The molecule has 1 fully saturated rings. The fraction of sp³-hybridized carbons (Fsp3) is 0.244. The molecule has 0 saturated heterocycles.